The van der Waals surface area contributed by atoms with Crippen molar-refractivity contribution in [2.45, 2.75) is 19.8 Å². The summed E-state index contributed by atoms with van der Waals surface area (Å²) in [5.74, 6) is 0.825. The van der Waals surface area contributed by atoms with Crippen LogP contribution in [-0.4, -0.2) is 36.1 Å². The van der Waals surface area contributed by atoms with Crippen LogP contribution in [0.25, 0.3) is 0 Å². The molecule has 0 fully saturated rings. The molecule has 2 rings (SSSR count). The van der Waals surface area contributed by atoms with Gasteiger partial charge in [0.15, 0.2) is 5.96 Å². The van der Waals surface area contributed by atoms with Gasteiger partial charge in [0.2, 0.25) is 0 Å². The van der Waals surface area contributed by atoms with Crippen LogP contribution in [-0.2, 0) is 12.8 Å². The second kappa shape index (κ2) is 8.36. The molecule has 2 N–H and O–H groups in total. The molecular formula is C15H21N5S. The van der Waals surface area contributed by atoms with Gasteiger partial charge in [-0.05, 0) is 25.0 Å². The van der Waals surface area contributed by atoms with E-state index >= 15 is 0 Å². The number of aromatic nitrogens is 2. The minimum absolute atomic E-state index is 0.825. The summed E-state index contributed by atoms with van der Waals surface area (Å²) in [6.07, 6.45) is 5.52. The summed E-state index contributed by atoms with van der Waals surface area (Å²) in [7, 11) is 1.78. The lowest BCUT2D eigenvalue weighted by Gasteiger charge is -2.11. The van der Waals surface area contributed by atoms with Gasteiger partial charge < -0.3 is 10.6 Å². The first-order valence-electron chi connectivity index (χ1n) is 7.02. The van der Waals surface area contributed by atoms with Crippen LogP contribution in [0.2, 0.25) is 0 Å². The minimum atomic E-state index is 0.825. The van der Waals surface area contributed by atoms with Crippen LogP contribution in [0, 0.1) is 6.92 Å². The maximum atomic E-state index is 4.45. The van der Waals surface area contributed by atoms with E-state index in [1.165, 1.54) is 5.56 Å². The molecule has 0 atom stereocenters. The summed E-state index contributed by atoms with van der Waals surface area (Å²) in [6, 6.07) is 4.04. The number of rotatable bonds is 6. The van der Waals surface area contributed by atoms with Gasteiger partial charge in [-0.1, -0.05) is 6.07 Å². The third-order valence-electron chi connectivity index (χ3n) is 2.99. The average Bonchev–Trinajstić information content (AvgIpc) is 2.92. The fourth-order valence-corrected chi connectivity index (χ4v) is 2.57. The van der Waals surface area contributed by atoms with Gasteiger partial charge in [-0.15, -0.1) is 11.3 Å². The van der Waals surface area contributed by atoms with E-state index in [-0.39, 0.29) is 0 Å². The molecule has 21 heavy (non-hydrogen) atoms. The van der Waals surface area contributed by atoms with Crippen molar-refractivity contribution < 1.29 is 0 Å². The molecule has 0 unspecified atom stereocenters. The first kappa shape index (κ1) is 15.4. The second-order valence-electron chi connectivity index (χ2n) is 4.64. The normalized spacial score (nSPS) is 11.4. The molecule has 0 aliphatic rings. The molecule has 0 spiro atoms. The van der Waals surface area contributed by atoms with E-state index in [1.54, 1.807) is 24.6 Å². The SMILES string of the molecule is CN=C(NCCc1cccnc1)NCCc1csc(C)n1. The predicted molar refractivity (Wildman–Crippen MR) is 87.9 cm³/mol. The van der Waals surface area contributed by atoms with E-state index < -0.39 is 0 Å². The zero-order chi connectivity index (χ0) is 14.9. The van der Waals surface area contributed by atoms with Crippen molar-refractivity contribution >= 4 is 17.3 Å². The van der Waals surface area contributed by atoms with Crippen LogP contribution in [0.5, 0.6) is 0 Å². The number of guanidine groups is 1. The van der Waals surface area contributed by atoms with E-state index in [9.17, 15) is 0 Å². The highest BCUT2D eigenvalue weighted by atomic mass is 32.1. The molecule has 0 radical (unpaired) electrons. The van der Waals surface area contributed by atoms with E-state index in [4.69, 9.17) is 0 Å². The van der Waals surface area contributed by atoms with Gasteiger partial charge in [0.25, 0.3) is 0 Å². The number of aliphatic imine (C=N–C) groups is 1. The van der Waals surface area contributed by atoms with Gasteiger partial charge >= 0.3 is 0 Å². The molecule has 0 aliphatic heterocycles. The minimum Gasteiger partial charge on any atom is -0.356 e. The number of aryl methyl sites for hydroxylation is 1. The zero-order valence-electron chi connectivity index (χ0n) is 12.5. The maximum Gasteiger partial charge on any atom is 0.190 e. The molecule has 5 nitrogen and oxygen atoms in total. The fraction of sp³-hybridized carbons (Fsp3) is 0.400. The highest BCUT2D eigenvalue weighted by Crippen LogP contribution is 2.07. The number of hydrogen-bond donors (Lipinski definition) is 2. The lowest BCUT2D eigenvalue weighted by Crippen LogP contribution is -2.39. The summed E-state index contributed by atoms with van der Waals surface area (Å²) in [6.45, 7) is 3.69. The van der Waals surface area contributed by atoms with Crippen molar-refractivity contribution in [3.05, 3.63) is 46.2 Å². The van der Waals surface area contributed by atoms with E-state index in [1.807, 2.05) is 19.2 Å². The van der Waals surface area contributed by atoms with E-state index in [0.29, 0.717) is 0 Å². The van der Waals surface area contributed by atoms with Crippen LogP contribution in [0.3, 0.4) is 0 Å². The Labute approximate surface area is 129 Å². The Bertz CT molecular complexity index is 564. The molecule has 112 valence electrons. The summed E-state index contributed by atoms with van der Waals surface area (Å²) in [4.78, 5) is 12.8. The summed E-state index contributed by atoms with van der Waals surface area (Å²) in [5.41, 5.74) is 2.36. The van der Waals surface area contributed by atoms with Gasteiger partial charge in [0, 0.05) is 44.3 Å². The first-order valence-corrected chi connectivity index (χ1v) is 7.90. The molecule has 0 saturated carbocycles. The smallest absolute Gasteiger partial charge is 0.190 e. The number of nitrogens with zero attached hydrogens (tertiary/aromatic N) is 3. The van der Waals surface area contributed by atoms with Crippen LogP contribution in [0.4, 0.5) is 0 Å². The van der Waals surface area contributed by atoms with Gasteiger partial charge in [-0.3, -0.25) is 9.98 Å². The van der Waals surface area contributed by atoms with Gasteiger partial charge in [-0.2, -0.15) is 0 Å². The molecule has 0 amide bonds. The lowest BCUT2D eigenvalue weighted by molar-refractivity contribution is 0.776. The highest BCUT2D eigenvalue weighted by Gasteiger charge is 2.00. The van der Waals surface area contributed by atoms with Crippen LogP contribution in [0.1, 0.15) is 16.3 Å². The third-order valence-corrected chi connectivity index (χ3v) is 3.82. The zero-order valence-corrected chi connectivity index (χ0v) is 13.3. The van der Waals surface area contributed by atoms with Crippen molar-refractivity contribution in [2.24, 2.45) is 4.99 Å². The summed E-state index contributed by atoms with van der Waals surface area (Å²) in [5, 5.41) is 9.83. The van der Waals surface area contributed by atoms with Crippen LogP contribution >= 0.6 is 11.3 Å². The first-order chi connectivity index (χ1) is 10.3. The fourth-order valence-electron chi connectivity index (χ4n) is 1.92. The Morgan fingerprint density at radius 2 is 2.10 bits per heavy atom. The van der Waals surface area contributed by atoms with E-state index in [2.05, 4.69) is 37.0 Å². The molecule has 0 saturated heterocycles. The number of nitrogens with one attached hydrogen (secondary N) is 2. The van der Waals surface area contributed by atoms with Crippen LogP contribution < -0.4 is 10.6 Å². The van der Waals surface area contributed by atoms with Crippen molar-refractivity contribution in [3.63, 3.8) is 0 Å². The molecule has 6 heteroatoms. The second-order valence-corrected chi connectivity index (χ2v) is 5.71. The maximum absolute atomic E-state index is 4.45. The Morgan fingerprint density at radius 1 is 1.29 bits per heavy atom. The number of pyridine rings is 1. The molecule has 2 aromatic rings. The van der Waals surface area contributed by atoms with Gasteiger partial charge in [0.05, 0.1) is 10.7 Å². The Balaban J connectivity index is 1.66. The average molecular weight is 303 g/mol. The van der Waals surface area contributed by atoms with E-state index in [0.717, 1.165) is 42.6 Å². The monoisotopic (exact) mass is 303 g/mol. The summed E-state index contributed by atoms with van der Waals surface area (Å²) < 4.78 is 0. The van der Waals surface area contributed by atoms with Crippen molar-refractivity contribution in [1.29, 1.82) is 0 Å². The van der Waals surface area contributed by atoms with Crippen molar-refractivity contribution in [2.75, 3.05) is 20.1 Å². The third kappa shape index (κ3) is 5.51. The standard InChI is InChI=1S/C15H21N5S/c1-12-20-14(11-21-12)6-9-19-15(16-2)18-8-5-13-4-3-7-17-10-13/h3-4,7,10-11H,5-6,8-9H2,1-2H3,(H2,16,18,19). The van der Waals surface area contributed by atoms with Crippen molar-refractivity contribution in [1.82, 2.24) is 20.6 Å². The van der Waals surface area contributed by atoms with Crippen molar-refractivity contribution in [3.8, 4) is 0 Å². The van der Waals surface area contributed by atoms with Gasteiger partial charge in [0.1, 0.15) is 0 Å². The Hall–Kier alpha value is -1.95. The molecule has 0 aliphatic carbocycles. The lowest BCUT2D eigenvalue weighted by atomic mass is 10.2. The Morgan fingerprint density at radius 3 is 2.71 bits per heavy atom. The topological polar surface area (TPSA) is 62.2 Å². The predicted octanol–water partition coefficient (Wildman–Crippen LogP) is 1.80. The molecular weight excluding hydrogens is 282 g/mol. The number of thiazole rings is 1. The molecule has 2 heterocycles. The largest absolute Gasteiger partial charge is 0.356 e. The van der Waals surface area contributed by atoms with Crippen LogP contribution in [0.15, 0.2) is 34.9 Å². The Kier molecular flexibility index (Phi) is 6.15. The number of hydrogen-bond acceptors (Lipinski definition) is 4. The summed E-state index contributed by atoms with van der Waals surface area (Å²) >= 11 is 1.69. The molecule has 0 bridgehead atoms. The molecule has 0 aromatic carbocycles. The van der Waals surface area contributed by atoms with Gasteiger partial charge in [-0.25, -0.2) is 4.98 Å². The molecule has 2 aromatic heterocycles. The quantitative estimate of drug-likeness (QED) is 0.631. The highest BCUT2D eigenvalue weighted by molar-refractivity contribution is 7.09.